The molecule has 2 unspecified atom stereocenters. The first-order valence-corrected chi connectivity index (χ1v) is 17.5. The van der Waals surface area contributed by atoms with Gasteiger partial charge in [0.1, 0.15) is 37.7 Å². The molecule has 4 rings (SSSR count). The van der Waals surface area contributed by atoms with E-state index in [1.165, 1.54) is 12.1 Å². The fourth-order valence-corrected chi connectivity index (χ4v) is 5.18. The molecule has 0 saturated heterocycles. The number of rotatable bonds is 19. The summed E-state index contributed by atoms with van der Waals surface area (Å²) in [5, 5.41) is 13.7. The van der Waals surface area contributed by atoms with Crippen LogP contribution < -0.4 is 15.8 Å². The van der Waals surface area contributed by atoms with E-state index in [4.69, 9.17) is 24.7 Å². The number of nitrogens with two attached hydrogens (primary N) is 1. The van der Waals surface area contributed by atoms with Crippen LogP contribution in [0.25, 0.3) is 0 Å². The number of hydrogen-bond donors (Lipinski definition) is 2. The summed E-state index contributed by atoms with van der Waals surface area (Å²) in [5.41, 5.74) is 7.44. The Labute approximate surface area is 317 Å². The van der Waals surface area contributed by atoms with Crippen LogP contribution in [0.4, 0.5) is 15.3 Å². The smallest absolute Gasteiger partial charge is 0.420 e. The number of nitrogens with one attached hydrogen (secondary N) is 1. The van der Waals surface area contributed by atoms with E-state index in [9.17, 15) is 34.1 Å². The van der Waals surface area contributed by atoms with Crippen LogP contribution in [0.1, 0.15) is 48.8 Å². The Kier molecular flexibility index (Phi) is 16.3. The van der Waals surface area contributed by atoms with Gasteiger partial charge in [0.15, 0.2) is 0 Å². The molecule has 15 nitrogen and oxygen atoms in total. The first kappa shape index (κ1) is 41.2. The minimum Gasteiger partial charge on any atom is -0.461 e. The maximum Gasteiger partial charge on any atom is 0.420 e. The molecule has 3 amide bonds. The zero-order chi connectivity index (χ0) is 39.4. The van der Waals surface area contributed by atoms with Gasteiger partial charge in [-0.2, -0.15) is 4.90 Å². The topological polar surface area (TPSA) is 207 Å². The van der Waals surface area contributed by atoms with E-state index in [0.29, 0.717) is 22.4 Å². The minimum atomic E-state index is -1.56. The van der Waals surface area contributed by atoms with Gasteiger partial charge in [-0.15, -0.1) is 0 Å². The minimum absolute atomic E-state index is 0.0295. The SMILES string of the molecule is NCCCCC(C(=O)NC(CCC(=O)OCc1ccccc1)C(=O)Oc1ccc([N+](=O)[O-])cc1)N(C(=O)OCc1ccccc1)C(=O)OCc1ccccc1. The highest BCUT2D eigenvalue weighted by Gasteiger charge is 2.39. The largest absolute Gasteiger partial charge is 0.461 e. The van der Waals surface area contributed by atoms with E-state index in [1.807, 2.05) is 6.07 Å². The van der Waals surface area contributed by atoms with Crippen molar-refractivity contribution >= 4 is 35.7 Å². The number of hydrogen-bond acceptors (Lipinski definition) is 12. The highest BCUT2D eigenvalue weighted by molar-refractivity contribution is 5.97. The molecule has 4 aromatic carbocycles. The lowest BCUT2D eigenvalue weighted by atomic mass is 10.1. The fourth-order valence-electron chi connectivity index (χ4n) is 5.18. The van der Waals surface area contributed by atoms with Crippen molar-refractivity contribution in [2.24, 2.45) is 5.73 Å². The zero-order valence-corrected chi connectivity index (χ0v) is 30.0. The van der Waals surface area contributed by atoms with E-state index in [1.54, 1.807) is 84.9 Å². The Morgan fingerprint density at radius 3 is 1.64 bits per heavy atom. The molecule has 2 atom stereocenters. The monoisotopic (exact) mass is 754 g/mol. The fraction of sp³-hybridized carbons (Fsp3) is 0.275. The Balaban J connectivity index is 1.58. The third-order valence-corrected chi connectivity index (χ3v) is 8.10. The lowest BCUT2D eigenvalue weighted by Gasteiger charge is -2.29. The highest BCUT2D eigenvalue weighted by atomic mass is 16.6. The Bertz CT molecular complexity index is 1810. The average molecular weight is 755 g/mol. The molecule has 15 heteroatoms. The number of imide groups is 1. The summed E-state index contributed by atoms with van der Waals surface area (Å²) in [7, 11) is 0. The van der Waals surface area contributed by atoms with E-state index in [2.05, 4.69) is 5.32 Å². The van der Waals surface area contributed by atoms with Crippen LogP contribution in [0, 0.1) is 10.1 Å². The maximum absolute atomic E-state index is 14.2. The second-order valence-corrected chi connectivity index (χ2v) is 12.2. The highest BCUT2D eigenvalue weighted by Crippen LogP contribution is 2.20. The summed E-state index contributed by atoms with van der Waals surface area (Å²) in [4.78, 5) is 78.9. The molecule has 0 aromatic heterocycles. The standard InChI is InChI=1S/C40H42N4O11/c41-25-11-10-18-35(43(39(48)53-27-30-14-6-2-7-15-30)40(49)54-28-31-16-8-3-9-17-31)37(46)42-34(23-24-36(45)52-26-29-12-4-1-5-13-29)38(47)55-33-21-19-32(20-22-33)44(50)51/h1-9,12-17,19-22,34-35H,10-11,18,23-28,41H2,(H,42,46). The molecule has 0 aliphatic heterocycles. The molecular formula is C40H42N4O11. The molecule has 0 bridgehead atoms. The number of benzene rings is 4. The van der Waals surface area contributed by atoms with Crippen molar-refractivity contribution in [1.82, 2.24) is 10.2 Å². The molecule has 0 fully saturated rings. The summed E-state index contributed by atoms with van der Waals surface area (Å²) in [5.74, 6) is -2.73. The van der Waals surface area contributed by atoms with Gasteiger partial charge in [0.25, 0.3) is 5.69 Å². The molecule has 4 aromatic rings. The quantitative estimate of drug-likeness (QED) is 0.0283. The molecule has 0 aliphatic rings. The number of nitro groups is 1. The van der Waals surface area contributed by atoms with Crippen molar-refractivity contribution in [3.63, 3.8) is 0 Å². The van der Waals surface area contributed by atoms with Gasteiger partial charge < -0.3 is 30.0 Å². The lowest BCUT2D eigenvalue weighted by molar-refractivity contribution is -0.384. The molecule has 0 radical (unpaired) electrons. The van der Waals surface area contributed by atoms with Crippen molar-refractivity contribution < 1.29 is 47.8 Å². The lowest BCUT2D eigenvalue weighted by Crippen LogP contribution is -2.56. The number of esters is 2. The molecular weight excluding hydrogens is 712 g/mol. The van der Waals surface area contributed by atoms with Gasteiger partial charge in [0, 0.05) is 18.6 Å². The van der Waals surface area contributed by atoms with Crippen molar-refractivity contribution in [2.45, 2.75) is 64.0 Å². The van der Waals surface area contributed by atoms with Crippen molar-refractivity contribution in [2.75, 3.05) is 6.54 Å². The second kappa shape index (κ2) is 21.8. The van der Waals surface area contributed by atoms with Gasteiger partial charge in [-0.05, 0) is 61.1 Å². The molecule has 0 heterocycles. The summed E-state index contributed by atoms with van der Waals surface area (Å²) in [6.45, 7) is -0.234. The predicted molar refractivity (Wildman–Crippen MR) is 198 cm³/mol. The van der Waals surface area contributed by atoms with Gasteiger partial charge in [-0.25, -0.2) is 14.4 Å². The molecule has 3 N–H and O–H groups in total. The van der Waals surface area contributed by atoms with E-state index in [-0.39, 0.29) is 63.5 Å². The van der Waals surface area contributed by atoms with Gasteiger partial charge in [-0.3, -0.25) is 19.7 Å². The number of carbonyl (C=O) groups excluding carboxylic acids is 5. The molecule has 0 saturated carbocycles. The normalized spacial score (nSPS) is 11.7. The molecule has 288 valence electrons. The number of carbonyl (C=O) groups is 5. The summed E-state index contributed by atoms with van der Waals surface area (Å²) in [6.07, 6.45) is -2.38. The van der Waals surface area contributed by atoms with Crippen molar-refractivity contribution in [3.8, 4) is 5.75 Å². The van der Waals surface area contributed by atoms with E-state index < -0.39 is 47.0 Å². The van der Waals surface area contributed by atoms with Gasteiger partial charge in [-0.1, -0.05) is 91.0 Å². The predicted octanol–water partition coefficient (Wildman–Crippen LogP) is 5.98. The molecule has 0 spiro atoms. The first-order valence-electron chi connectivity index (χ1n) is 17.5. The van der Waals surface area contributed by atoms with Crippen LogP contribution in [0.5, 0.6) is 5.75 Å². The summed E-state index contributed by atoms with van der Waals surface area (Å²) in [6, 6.07) is 27.9. The molecule has 0 aliphatic carbocycles. The van der Waals surface area contributed by atoms with Gasteiger partial charge in [0.2, 0.25) is 5.91 Å². The van der Waals surface area contributed by atoms with Crippen LogP contribution in [-0.4, -0.2) is 58.5 Å². The van der Waals surface area contributed by atoms with Gasteiger partial charge in [0.05, 0.1) is 4.92 Å². The number of unbranched alkanes of at least 4 members (excludes halogenated alkanes) is 1. The first-order chi connectivity index (χ1) is 26.6. The van der Waals surface area contributed by atoms with Crippen LogP contribution in [0.3, 0.4) is 0 Å². The van der Waals surface area contributed by atoms with Crippen LogP contribution in [0.15, 0.2) is 115 Å². The zero-order valence-electron chi connectivity index (χ0n) is 30.0. The number of amides is 3. The number of nitrogens with zero attached hydrogens (tertiary/aromatic N) is 2. The van der Waals surface area contributed by atoms with E-state index in [0.717, 1.165) is 17.7 Å². The Morgan fingerprint density at radius 2 is 1.16 bits per heavy atom. The van der Waals surface area contributed by atoms with Crippen molar-refractivity contribution in [1.29, 1.82) is 0 Å². The third-order valence-electron chi connectivity index (χ3n) is 8.10. The Hall–Kier alpha value is -6.61. The van der Waals surface area contributed by atoms with Crippen molar-refractivity contribution in [3.05, 3.63) is 142 Å². The number of ether oxygens (including phenoxy) is 4. The van der Waals surface area contributed by atoms with E-state index >= 15 is 0 Å². The summed E-state index contributed by atoms with van der Waals surface area (Å²) >= 11 is 0. The average Bonchev–Trinajstić information content (AvgIpc) is 3.20. The van der Waals surface area contributed by atoms with Gasteiger partial charge >= 0.3 is 24.1 Å². The number of non-ortho nitro benzene ring substituents is 1. The van der Waals surface area contributed by atoms with Crippen LogP contribution in [0.2, 0.25) is 0 Å². The van der Waals surface area contributed by atoms with Crippen LogP contribution >= 0.6 is 0 Å². The Morgan fingerprint density at radius 1 is 0.673 bits per heavy atom. The summed E-state index contributed by atoms with van der Waals surface area (Å²) < 4.78 is 21.8. The second-order valence-electron chi connectivity index (χ2n) is 12.2. The maximum atomic E-state index is 14.2. The third kappa shape index (κ3) is 13.7. The number of nitro benzene ring substituents is 1. The van der Waals surface area contributed by atoms with Crippen LogP contribution in [-0.2, 0) is 48.4 Å². The molecule has 55 heavy (non-hydrogen) atoms.